The van der Waals surface area contributed by atoms with Crippen LogP contribution in [0.3, 0.4) is 0 Å². The molecule has 0 saturated carbocycles. The highest BCUT2D eigenvalue weighted by Crippen LogP contribution is 2.18. The minimum atomic E-state index is -0.855. The molecule has 6 heteroatoms. The van der Waals surface area contributed by atoms with Gasteiger partial charge in [-0.05, 0) is 37.9 Å². The molecule has 1 fully saturated rings. The number of aryl methyl sites for hydroxylation is 1. The van der Waals surface area contributed by atoms with Crippen LogP contribution in [0.4, 0.5) is 5.82 Å². The lowest BCUT2D eigenvalue weighted by atomic mass is 9.97. The first kappa shape index (κ1) is 14.5. The molecule has 1 atom stereocenters. The van der Waals surface area contributed by atoms with Gasteiger partial charge in [0, 0.05) is 12.7 Å². The molecule has 0 bridgehead atoms. The first-order valence-electron chi connectivity index (χ1n) is 6.72. The summed E-state index contributed by atoms with van der Waals surface area (Å²) in [5.74, 6) is -0.579. The maximum absolute atomic E-state index is 12.2. The van der Waals surface area contributed by atoms with Crippen molar-refractivity contribution in [3.8, 4) is 0 Å². The monoisotopic (exact) mass is 277 g/mol. The number of anilines is 1. The predicted octanol–water partition coefficient (Wildman–Crippen LogP) is 1.13. The number of likely N-dealkylation sites (tertiary alicyclic amines) is 1. The van der Waals surface area contributed by atoms with Crippen molar-refractivity contribution in [2.75, 3.05) is 25.0 Å². The van der Waals surface area contributed by atoms with E-state index in [0.717, 1.165) is 24.9 Å². The van der Waals surface area contributed by atoms with Crippen molar-refractivity contribution in [3.63, 3.8) is 0 Å². The SMILES string of the molecule is Cc1ccc(NC(=O)[C@H]2CCCN(CC(=O)O)C2)nc1. The highest BCUT2D eigenvalue weighted by Gasteiger charge is 2.26. The average molecular weight is 277 g/mol. The number of pyridine rings is 1. The zero-order valence-electron chi connectivity index (χ0n) is 11.5. The number of aliphatic carboxylic acids is 1. The summed E-state index contributed by atoms with van der Waals surface area (Å²) in [7, 11) is 0. The maximum atomic E-state index is 12.2. The van der Waals surface area contributed by atoms with Crippen LogP contribution in [0.1, 0.15) is 18.4 Å². The number of nitrogens with zero attached hydrogens (tertiary/aromatic N) is 2. The molecule has 1 aliphatic heterocycles. The second-order valence-corrected chi connectivity index (χ2v) is 5.18. The van der Waals surface area contributed by atoms with Gasteiger partial charge in [-0.25, -0.2) is 4.98 Å². The largest absolute Gasteiger partial charge is 0.480 e. The fourth-order valence-electron chi connectivity index (χ4n) is 2.37. The van der Waals surface area contributed by atoms with E-state index < -0.39 is 5.97 Å². The first-order chi connectivity index (χ1) is 9.54. The third-order valence-electron chi connectivity index (χ3n) is 3.40. The van der Waals surface area contributed by atoms with Gasteiger partial charge in [-0.1, -0.05) is 6.07 Å². The van der Waals surface area contributed by atoms with E-state index in [4.69, 9.17) is 5.11 Å². The van der Waals surface area contributed by atoms with Crippen molar-refractivity contribution >= 4 is 17.7 Å². The third-order valence-corrected chi connectivity index (χ3v) is 3.40. The van der Waals surface area contributed by atoms with Gasteiger partial charge in [0.15, 0.2) is 0 Å². The Hall–Kier alpha value is -1.95. The molecule has 1 aromatic rings. The molecular weight excluding hydrogens is 258 g/mol. The van der Waals surface area contributed by atoms with E-state index in [1.807, 2.05) is 13.0 Å². The van der Waals surface area contributed by atoms with Gasteiger partial charge in [-0.2, -0.15) is 0 Å². The van der Waals surface area contributed by atoms with Crippen LogP contribution in [0, 0.1) is 12.8 Å². The average Bonchev–Trinajstić information content (AvgIpc) is 2.41. The van der Waals surface area contributed by atoms with Crippen molar-refractivity contribution in [2.24, 2.45) is 5.92 Å². The molecule has 20 heavy (non-hydrogen) atoms. The summed E-state index contributed by atoms with van der Waals surface area (Å²) in [6.07, 6.45) is 3.33. The van der Waals surface area contributed by atoms with Gasteiger partial charge in [0.05, 0.1) is 12.5 Å². The van der Waals surface area contributed by atoms with Crippen LogP contribution in [0.25, 0.3) is 0 Å². The molecule has 2 rings (SSSR count). The molecule has 1 aromatic heterocycles. The van der Waals surface area contributed by atoms with E-state index in [0.29, 0.717) is 12.4 Å². The zero-order valence-corrected chi connectivity index (χ0v) is 11.5. The summed E-state index contributed by atoms with van der Waals surface area (Å²) >= 11 is 0. The van der Waals surface area contributed by atoms with Crippen LogP contribution < -0.4 is 5.32 Å². The second kappa shape index (κ2) is 6.47. The summed E-state index contributed by atoms with van der Waals surface area (Å²) in [5.41, 5.74) is 1.04. The van der Waals surface area contributed by atoms with Crippen LogP contribution >= 0.6 is 0 Å². The second-order valence-electron chi connectivity index (χ2n) is 5.18. The number of carboxylic acid groups (broad SMARTS) is 1. The minimum absolute atomic E-state index is 0.00738. The summed E-state index contributed by atoms with van der Waals surface area (Å²) in [6.45, 7) is 3.15. The quantitative estimate of drug-likeness (QED) is 0.862. The van der Waals surface area contributed by atoms with Crippen molar-refractivity contribution in [3.05, 3.63) is 23.9 Å². The molecule has 0 aromatic carbocycles. The van der Waals surface area contributed by atoms with Crippen LogP contribution in [0.2, 0.25) is 0 Å². The van der Waals surface area contributed by atoms with Gasteiger partial charge in [-0.3, -0.25) is 14.5 Å². The van der Waals surface area contributed by atoms with Gasteiger partial charge in [0.2, 0.25) is 5.91 Å². The Bertz CT molecular complexity index is 487. The number of aromatic nitrogens is 1. The summed E-state index contributed by atoms with van der Waals surface area (Å²) in [6, 6.07) is 3.66. The summed E-state index contributed by atoms with van der Waals surface area (Å²) < 4.78 is 0. The molecule has 0 unspecified atom stereocenters. The van der Waals surface area contributed by atoms with Crippen LogP contribution in [0.15, 0.2) is 18.3 Å². The number of carbonyl (C=O) groups excluding carboxylic acids is 1. The number of nitrogens with one attached hydrogen (secondary N) is 1. The van der Waals surface area contributed by atoms with E-state index >= 15 is 0 Å². The lowest BCUT2D eigenvalue weighted by Crippen LogP contribution is -2.42. The Morgan fingerprint density at radius 1 is 1.50 bits per heavy atom. The van der Waals surface area contributed by atoms with Crippen LogP contribution in [-0.4, -0.2) is 46.5 Å². The molecule has 2 N–H and O–H groups in total. The fourth-order valence-corrected chi connectivity index (χ4v) is 2.37. The number of hydrogen-bond donors (Lipinski definition) is 2. The Morgan fingerprint density at radius 3 is 2.95 bits per heavy atom. The Balaban J connectivity index is 1.91. The van der Waals surface area contributed by atoms with E-state index in [2.05, 4.69) is 10.3 Å². The molecule has 0 spiro atoms. The maximum Gasteiger partial charge on any atom is 0.317 e. The van der Waals surface area contributed by atoms with Gasteiger partial charge in [0.25, 0.3) is 0 Å². The topological polar surface area (TPSA) is 82.5 Å². The molecule has 1 amide bonds. The number of hydrogen-bond acceptors (Lipinski definition) is 4. The van der Waals surface area contributed by atoms with Crippen LogP contribution in [-0.2, 0) is 9.59 Å². The molecule has 1 aliphatic rings. The molecule has 0 radical (unpaired) electrons. The van der Waals surface area contributed by atoms with E-state index in [1.165, 1.54) is 0 Å². The number of piperidine rings is 1. The van der Waals surface area contributed by atoms with Gasteiger partial charge in [0.1, 0.15) is 5.82 Å². The molecule has 0 aliphatic carbocycles. The number of amides is 1. The number of carboxylic acids is 1. The minimum Gasteiger partial charge on any atom is -0.480 e. The van der Waals surface area contributed by atoms with Gasteiger partial charge >= 0.3 is 5.97 Å². The van der Waals surface area contributed by atoms with E-state index in [1.54, 1.807) is 17.2 Å². The highest BCUT2D eigenvalue weighted by atomic mass is 16.4. The molecule has 1 saturated heterocycles. The Labute approximate surface area is 117 Å². The number of carbonyl (C=O) groups is 2. The number of rotatable bonds is 4. The van der Waals surface area contributed by atoms with Crippen LogP contribution in [0.5, 0.6) is 0 Å². The van der Waals surface area contributed by atoms with E-state index in [9.17, 15) is 9.59 Å². The molecule has 6 nitrogen and oxygen atoms in total. The standard InChI is InChI=1S/C14H19N3O3/c1-10-4-5-12(15-7-10)16-14(20)11-3-2-6-17(8-11)9-13(18)19/h4-5,7,11H,2-3,6,8-9H2,1H3,(H,18,19)(H,15,16,20)/t11-/m0/s1. The third kappa shape index (κ3) is 4.03. The summed E-state index contributed by atoms with van der Waals surface area (Å²) in [4.78, 5) is 28.8. The fraction of sp³-hybridized carbons (Fsp3) is 0.500. The molecular formula is C14H19N3O3. The predicted molar refractivity (Wildman–Crippen MR) is 74.4 cm³/mol. The lowest BCUT2D eigenvalue weighted by Gasteiger charge is -2.30. The Morgan fingerprint density at radius 2 is 2.30 bits per heavy atom. The first-order valence-corrected chi connectivity index (χ1v) is 6.72. The molecule has 2 heterocycles. The van der Waals surface area contributed by atoms with Crippen molar-refractivity contribution in [2.45, 2.75) is 19.8 Å². The molecule has 108 valence electrons. The van der Waals surface area contributed by atoms with Gasteiger partial charge in [-0.15, -0.1) is 0 Å². The van der Waals surface area contributed by atoms with Gasteiger partial charge < -0.3 is 10.4 Å². The normalized spacial score (nSPS) is 19.6. The van der Waals surface area contributed by atoms with Crippen molar-refractivity contribution < 1.29 is 14.7 Å². The van der Waals surface area contributed by atoms with E-state index in [-0.39, 0.29) is 18.4 Å². The lowest BCUT2D eigenvalue weighted by molar-refractivity contribution is -0.139. The van der Waals surface area contributed by atoms with Crippen molar-refractivity contribution in [1.82, 2.24) is 9.88 Å². The van der Waals surface area contributed by atoms with Crippen molar-refractivity contribution in [1.29, 1.82) is 0 Å². The highest BCUT2D eigenvalue weighted by molar-refractivity contribution is 5.91. The Kier molecular flexibility index (Phi) is 4.68. The zero-order chi connectivity index (χ0) is 14.5. The smallest absolute Gasteiger partial charge is 0.317 e. The summed E-state index contributed by atoms with van der Waals surface area (Å²) in [5, 5.41) is 11.6.